The summed E-state index contributed by atoms with van der Waals surface area (Å²) in [6.45, 7) is 17.0. The van der Waals surface area contributed by atoms with Gasteiger partial charge in [-0.2, -0.15) is 0 Å². The number of aryl methyl sites for hydroxylation is 2. The van der Waals surface area contributed by atoms with Gasteiger partial charge in [0.1, 0.15) is 5.76 Å². The van der Waals surface area contributed by atoms with E-state index in [2.05, 4.69) is 41.1 Å². The molecule has 2 N–H and O–H groups in total. The standard InChI is InChI=1S/C19H33N5O.HI/c1-6-20-19(21-10-7-18-15(4)23-25-16(18)5)22-17-8-11-24(12-9-17)13-14(2)3;/h17H,2,6-13H2,1,3-5H3,(H2,20,21,22);1H. The van der Waals surface area contributed by atoms with Gasteiger partial charge in [0, 0.05) is 44.3 Å². The fraction of sp³-hybridized carbons (Fsp3) is 0.684. The van der Waals surface area contributed by atoms with Gasteiger partial charge in [-0.15, -0.1) is 24.0 Å². The molecule has 148 valence electrons. The van der Waals surface area contributed by atoms with Gasteiger partial charge in [0.25, 0.3) is 0 Å². The second-order valence-electron chi connectivity index (χ2n) is 6.97. The highest BCUT2D eigenvalue weighted by molar-refractivity contribution is 14.0. The van der Waals surface area contributed by atoms with E-state index in [1.807, 2.05) is 13.8 Å². The van der Waals surface area contributed by atoms with Crippen LogP contribution in [-0.2, 0) is 6.42 Å². The summed E-state index contributed by atoms with van der Waals surface area (Å²) in [5, 5.41) is 11.0. The van der Waals surface area contributed by atoms with E-state index in [1.54, 1.807) is 0 Å². The number of piperidine rings is 1. The second-order valence-corrected chi connectivity index (χ2v) is 6.97. The van der Waals surface area contributed by atoms with Crippen molar-refractivity contribution in [1.82, 2.24) is 20.7 Å². The molecule has 1 saturated heterocycles. The lowest BCUT2D eigenvalue weighted by Gasteiger charge is -2.33. The van der Waals surface area contributed by atoms with Crippen LogP contribution in [-0.4, -0.2) is 54.8 Å². The summed E-state index contributed by atoms with van der Waals surface area (Å²) in [5.74, 6) is 1.81. The Labute approximate surface area is 174 Å². The Bertz CT molecular complexity index is 571. The van der Waals surface area contributed by atoms with Gasteiger partial charge in [-0.1, -0.05) is 17.3 Å². The van der Waals surface area contributed by atoms with Gasteiger partial charge in [0.05, 0.1) is 5.69 Å². The van der Waals surface area contributed by atoms with E-state index in [0.29, 0.717) is 6.04 Å². The van der Waals surface area contributed by atoms with Crippen molar-refractivity contribution >= 4 is 29.9 Å². The Balaban J connectivity index is 0.00000338. The van der Waals surface area contributed by atoms with E-state index in [1.165, 1.54) is 11.1 Å². The third kappa shape index (κ3) is 7.26. The fourth-order valence-corrected chi connectivity index (χ4v) is 3.27. The molecule has 0 amide bonds. The number of aliphatic imine (C=N–C) groups is 1. The van der Waals surface area contributed by atoms with Gasteiger partial charge in [-0.25, -0.2) is 0 Å². The summed E-state index contributed by atoms with van der Waals surface area (Å²) in [6.07, 6.45) is 3.14. The van der Waals surface area contributed by atoms with Crippen molar-refractivity contribution in [2.24, 2.45) is 4.99 Å². The van der Waals surface area contributed by atoms with Crippen LogP contribution >= 0.6 is 24.0 Å². The van der Waals surface area contributed by atoms with Gasteiger partial charge in [-0.05, 0) is 47.0 Å². The first kappa shape index (κ1) is 23.0. The number of hydrogen-bond donors (Lipinski definition) is 2. The van der Waals surface area contributed by atoms with Gasteiger partial charge in [0.2, 0.25) is 0 Å². The van der Waals surface area contributed by atoms with E-state index in [-0.39, 0.29) is 24.0 Å². The maximum absolute atomic E-state index is 5.22. The topological polar surface area (TPSA) is 65.7 Å². The molecule has 0 bridgehead atoms. The van der Waals surface area contributed by atoms with Gasteiger partial charge in [0.15, 0.2) is 5.96 Å². The lowest BCUT2D eigenvalue weighted by atomic mass is 10.0. The summed E-state index contributed by atoms with van der Waals surface area (Å²) in [7, 11) is 0. The van der Waals surface area contributed by atoms with Crippen LogP contribution in [0.25, 0.3) is 0 Å². The SMILES string of the molecule is C=C(C)CN1CCC(NC(=NCCc2c(C)noc2C)NCC)CC1.I. The Kier molecular flexibility index (Phi) is 10.2. The predicted molar refractivity (Wildman–Crippen MR) is 118 cm³/mol. The Hall–Kier alpha value is -1.09. The zero-order chi connectivity index (χ0) is 18.2. The zero-order valence-corrected chi connectivity index (χ0v) is 18.9. The Morgan fingerprint density at radius 1 is 1.35 bits per heavy atom. The van der Waals surface area contributed by atoms with Crippen LogP contribution in [0.3, 0.4) is 0 Å². The van der Waals surface area contributed by atoms with Crippen LogP contribution in [0.1, 0.15) is 43.7 Å². The molecule has 0 aliphatic carbocycles. The molecule has 2 heterocycles. The third-order valence-electron chi connectivity index (χ3n) is 4.58. The number of aromatic nitrogens is 1. The molecule has 2 rings (SSSR count). The highest BCUT2D eigenvalue weighted by Crippen LogP contribution is 2.13. The van der Waals surface area contributed by atoms with E-state index in [0.717, 1.165) is 69.4 Å². The van der Waals surface area contributed by atoms with Crippen LogP contribution in [0.5, 0.6) is 0 Å². The summed E-state index contributed by atoms with van der Waals surface area (Å²) in [5.41, 5.74) is 3.38. The first-order chi connectivity index (χ1) is 12.0. The number of nitrogens with zero attached hydrogens (tertiary/aromatic N) is 3. The van der Waals surface area contributed by atoms with Crippen molar-refractivity contribution < 1.29 is 4.52 Å². The van der Waals surface area contributed by atoms with Gasteiger partial charge < -0.3 is 15.2 Å². The minimum absolute atomic E-state index is 0. The highest BCUT2D eigenvalue weighted by Gasteiger charge is 2.19. The Morgan fingerprint density at radius 3 is 2.58 bits per heavy atom. The van der Waals surface area contributed by atoms with Crippen molar-refractivity contribution in [2.45, 2.75) is 53.0 Å². The van der Waals surface area contributed by atoms with Crippen LogP contribution in [0.4, 0.5) is 0 Å². The fourth-order valence-electron chi connectivity index (χ4n) is 3.27. The summed E-state index contributed by atoms with van der Waals surface area (Å²) in [6, 6.07) is 0.484. The molecule has 6 nitrogen and oxygen atoms in total. The molecular weight excluding hydrogens is 441 g/mol. The van der Waals surface area contributed by atoms with Crippen LogP contribution in [0, 0.1) is 13.8 Å². The van der Waals surface area contributed by atoms with Crippen molar-refractivity contribution in [3.05, 3.63) is 29.2 Å². The lowest BCUT2D eigenvalue weighted by molar-refractivity contribution is 0.221. The molecule has 0 radical (unpaired) electrons. The Morgan fingerprint density at radius 2 is 2.04 bits per heavy atom. The number of halogens is 1. The van der Waals surface area contributed by atoms with Crippen LogP contribution < -0.4 is 10.6 Å². The van der Waals surface area contributed by atoms with Crippen LogP contribution in [0.2, 0.25) is 0 Å². The summed E-state index contributed by atoms with van der Waals surface area (Å²) in [4.78, 5) is 7.20. The van der Waals surface area contributed by atoms with E-state index < -0.39 is 0 Å². The van der Waals surface area contributed by atoms with Crippen molar-refractivity contribution in [3.63, 3.8) is 0 Å². The van der Waals surface area contributed by atoms with Crippen LogP contribution in [0.15, 0.2) is 21.7 Å². The number of rotatable bonds is 7. The van der Waals surface area contributed by atoms with Crippen molar-refractivity contribution in [2.75, 3.05) is 32.7 Å². The molecule has 26 heavy (non-hydrogen) atoms. The quantitative estimate of drug-likeness (QED) is 0.275. The molecule has 1 aromatic rings. The number of nitrogens with one attached hydrogen (secondary N) is 2. The molecule has 0 atom stereocenters. The first-order valence-electron chi connectivity index (χ1n) is 9.33. The predicted octanol–water partition coefficient (Wildman–Crippen LogP) is 3.05. The number of guanidine groups is 1. The molecule has 0 spiro atoms. The van der Waals surface area contributed by atoms with Gasteiger partial charge >= 0.3 is 0 Å². The minimum Gasteiger partial charge on any atom is -0.361 e. The van der Waals surface area contributed by atoms with Crippen molar-refractivity contribution in [3.8, 4) is 0 Å². The molecule has 0 saturated carbocycles. The monoisotopic (exact) mass is 475 g/mol. The smallest absolute Gasteiger partial charge is 0.191 e. The minimum atomic E-state index is 0. The largest absolute Gasteiger partial charge is 0.361 e. The molecule has 1 aliphatic rings. The van der Waals surface area contributed by atoms with Gasteiger partial charge in [-0.3, -0.25) is 9.89 Å². The molecule has 0 aromatic carbocycles. The zero-order valence-electron chi connectivity index (χ0n) is 16.6. The summed E-state index contributed by atoms with van der Waals surface area (Å²) < 4.78 is 5.22. The summed E-state index contributed by atoms with van der Waals surface area (Å²) >= 11 is 0. The molecule has 1 aromatic heterocycles. The number of likely N-dealkylation sites (tertiary alicyclic amines) is 1. The molecule has 0 unspecified atom stereocenters. The van der Waals surface area contributed by atoms with E-state index in [9.17, 15) is 0 Å². The average Bonchev–Trinajstić information content (AvgIpc) is 2.88. The molecular formula is C19H34IN5O. The van der Waals surface area contributed by atoms with E-state index in [4.69, 9.17) is 9.52 Å². The average molecular weight is 475 g/mol. The van der Waals surface area contributed by atoms with Crippen molar-refractivity contribution in [1.29, 1.82) is 0 Å². The third-order valence-corrected chi connectivity index (χ3v) is 4.58. The highest BCUT2D eigenvalue weighted by atomic mass is 127. The maximum Gasteiger partial charge on any atom is 0.191 e. The molecule has 1 fully saturated rings. The lowest BCUT2D eigenvalue weighted by Crippen LogP contribution is -2.49. The normalized spacial score (nSPS) is 16.2. The number of hydrogen-bond acceptors (Lipinski definition) is 4. The molecule has 7 heteroatoms. The first-order valence-corrected chi connectivity index (χ1v) is 9.33. The van der Waals surface area contributed by atoms with E-state index >= 15 is 0 Å². The maximum atomic E-state index is 5.22. The second kappa shape index (κ2) is 11.6. The molecule has 1 aliphatic heterocycles.